The first-order valence-electron chi connectivity index (χ1n) is 5.29. The Bertz CT molecular complexity index is 424. The van der Waals surface area contributed by atoms with Gasteiger partial charge in [0.05, 0.1) is 12.3 Å². The van der Waals surface area contributed by atoms with E-state index in [1.54, 1.807) is 17.6 Å². The van der Waals surface area contributed by atoms with E-state index in [4.69, 9.17) is 4.42 Å². The highest BCUT2D eigenvalue weighted by atomic mass is 79.9. The molecule has 0 aromatic carbocycles. The standard InChI is InChI=1S/C12H14BrNOS/c1-2-11(12-4-3-5-15-12)14-7-10-6-9(13)8-16-10/h3-6,8,11,14H,2,7H2,1H3. The molecule has 0 aliphatic rings. The molecule has 0 saturated heterocycles. The molecule has 2 nitrogen and oxygen atoms in total. The third kappa shape index (κ3) is 2.97. The van der Waals surface area contributed by atoms with Crippen LogP contribution in [0.4, 0.5) is 0 Å². The summed E-state index contributed by atoms with van der Waals surface area (Å²) >= 11 is 5.22. The van der Waals surface area contributed by atoms with Crippen LogP contribution in [0.2, 0.25) is 0 Å². The summed E-state index contributed by atoms with van der Waals surface area (Å²) in [6, 6.07) is 6.40. The van der Waals surface area contributed by atoms with Crippen molar-refractivity contribution in [3.63, 3.8) is 0 Å². The molecular weight excluding hydrogens is 286 g/mol. The maximum absolute atomic E-state index is 5.41. The van der Waals surface area contributed by atoms with Crippen LogP contribution in [0.5, 0.6) is 0 Å². The number of rotatable bonds is 5. The van der Waals surface area contributed by atoms with Crippen LogP contribution in [-0.2, 0) is 6.54 Å². The first kappa shape index (κ1) is 11.9. The molecule has 0 bridgehead atoms. The van der Waals surface area contributed by atoms with E-state index in [2.05, 4.69) is 39.6 Å². The molecule has 0 spiro atoms. The highest BCUT2D eigenvalue weighted by Gasteiger charge is 2.11. The van der Waals surface area contributed by atoms with Crippen molar-refractivity contribution in [3.8, 4) is 0 Å². The van der Waals surface area contributed by atoms with Gasteiger partial charge >= 0.3 is 0 Å². The number of nitrogens with one attached hydrogen (secondary N) is 1. The number of furan rings is 1. The Morgan fingerprint density at radius 1 is 1.56 bits per heavy atom. The monoisotopic (exact) mass is 299 g/mol. The molecule has 16 heavy (non-hydrogen) atoms. The number of hydrogen-bond acceptors (Lipinski definition) is 3. The topological polar surface area (TPSA) is 25.2 Å². The van der Waals surface area contributed by atoms with Gasteiger partial charge in [0, 0.05) is 21.3 Å². The normalized spacial score (nSPS) is 12.9. The summed E-state index contributed by atoms with van der Waals surface area (Å²) < 4.78 is 6.56. The van der Waals surface area contributed by atoms with Gasteiger partial charge < -0.3 is 9.73 Å². The molecular formula is C12H14BrNOS. The first-order chi connectivity index (χ1) is 7.79. The van der Waals surface area contributed by atoms with Crippen LogP contribution in [0.15, 0.2) is 38.7 Å². The molecule has 2 heterocycles. The molecule has 1 unspecified atom stereocenters. The molecule has 86 valence electrons. The molecule has 0 saturated carbocycles. The van der Waals surface area contributed by atoms with Gasteiger partial charge in [-0.15, -0.1) is 11.3 Å². The molecule has 0 radical (unpaired) electrons. The van der Waals surface area contributed by atoms with Crippen molar-refractivity contribution >= 4 is 27.3 Å². The van der Waals surface area contributed by atoms with Gasteiger partial charge in [0.2, 0.25) is 0 Å². The Balaban J connectivity index is 1.93. The quantitative estimate of drug-likeness (QED) is 0.888. The molecule has 2 aromatic heterocycles. The average Bonchev–Trinajstić information content (AvgIpc) is 2.91. The second-order valence-electron chi connectivity index (χ2n) is 3.59. The fourth-order valence-corrected chi connectivity index (χ4v) is 3.01. The van der Waals surface area contributed by atoms with Crippen molar-refractivity contribution in [1.29, 1.82) is 0 Å². The second-order valence-corrected chi connectivity index (χ2v) is 5.50. The van der Waals surface area contributed by atoms with Gasteiger partial charge in [-0.3, -0.25) is 0 Å². The summed E-state index contributed by atoms with van der Waals surface area (Å²) in [5.41, 5.74) is 0. The van der Waals surface area contributed by atoms with Crippen molar-refractivity contribution in [1.82, 2.24) is 5.32 Å². The van der Waals surface area contributed by atoms with E-state index in [0.717, 1.165) is 23.2 Å². The fraction of sp³-hybridized carbons (Fsp3) is 0.333. The highest BCUT2D eigenvalue weighted by molar-refractivity contribution is 9.10. The lowest BCUT2D eigenvalue weighted by molar-refractivity contribution is 0.404. The van der Waals surface area contributed by atoms with Crippen LogP contribution in [0.1, 0.15) is 30.0 Å². The van der Waals surface area contributed by atoms with E-state index < -0.39 is 0 Å². The van der Waals surface area contributed by atoms with Crippen molar-refractivity contribution in [2.24, 2.45) is 0 Å². The van der Waals surface area contributed by atoms with Crippen LogP contribution in [0.25, 0.3) is 0 Å². The first-order valence-corrected chi connectivity index (χ1v) is 6.96. The molecule has 0 aliphatic heterocycles. The largest absolute Gasteiger partial charge is 0.468 e. The van der Waals surface area contributed by atoms with Crippen molar-refractivity contribution in [3.05, 3.63) is 45.0 Å². The lowest BCUT2D eigenvalue weighted by atomic mass is 10.2. The van der Waals surface area contributed by atoms with Crippen LogP contribution < -0.4 is 5.32 Å². The Morgan fingerprint density at radius 2 is 2.44 bits per heavy atom. The minimum Gasteiger partial charge on any atom is -0.468 e. The van der Waals surface area contributed by atoms with Crippen LogP contribution >= 0.6 is 27.3 Å². The Labute approximate surface area is 108 Å². The van der Waals surface area contributed by atoms with E-state index in [1.807, 2.05) is 12.1 Å². The molecule has 4 heteroatoms. The Morgan fingerprint density at radius 3 is 3.00 bits per heavy atom. The lowest BCUT2D eigenvalue weighted by Gasteiger charge is -2.13. The van der Waals surface area contributed by atoms with Crippen molar-refractivity contribution in [2.75, 3.05) is 0 Å². The summed E-state index contributed by atoms with van der Waals surface area (Å²) in [7, 11) is 0. The third-order valence-electron chi connectivity index (χ3n) is 2.44. The molecule has 2 rings (SSSR count). The van der Waals surface area contributed by atoms with Crippen LogP contribution in [0.3, 0.4) is 0 Å². The van der Waals surface area contributed by atoms with E-state index in [0.29, 0.717) is 6.04 Å². The number of halogens is 1. The summed E-state index contributed by atoms with van der Waals surface area (Å²) in [5, 5.41) is 5.60. The van der Waals surface area contributed by atoms with E-state index in [9.17, 15) is 0 Å². The van der Waals surface area contributed by atoms with Gasteiger partial charge in [-0.25, -0.2) is 0 Å². The predicted octanol–water partition coefficient (Wildman–Crippen LogP) is 4.34. The maximum Gasteiger partial charge on any atom is 0.120 e. The smallest absolute Gasteiger partial charge is 0.120 e. The van der Waals surface area contributed by atoms with Gasteiger partial charge in [-0.1, -0.05) is 6.92 Å². The maximum atomic E-state index is 5.41. The zero-order valence-corrected chi connectivity index (χ0v) is 11.5. The van der Waals surface area contributed by atoms with Crippen LogP contribution in [0, 0.1) is 0 Å². The second kappa shape index (κ2) is 5.66. The number of hydrogen-bond donors (Lipinski definition) is 1. The molecule has 2 aromatic rings. The van der Waals surface area contributed by atoms with Crippen LogP contribution in [-0.4, -0.2) is 0 Å². The van der Waals surface area contributed by atoms with Gasteiger partial charge in [-0.05, 0) is 40.5 Å². The average molecular weight is 300 g/mol. The zero-order valence-electron chi connectivity index (χ0n) is 9.07. The van der Waals surface area contributed by atoms with Crippen molar-refractivity contribution < 1.29 is 4.42 Å². The number of thiophene rings is 1. The molecule has 1 atom stereocenters. The molecule has 1 N–H and O–H groups in total. The van der Waals surface area contributed by atoms with E-state index >= 15 is 0 Å². The SMILES string of the molecule is CCC(NCc1cc(Br)cs1)c1ccco1. The summed E-state index contributed by atoms with van der Waals surface area (Å²) in [4.78, 5) is 1.33. The summed E-state index contributed by atoms with van der Waals surface area (Å²) in [5.74, 6) is 1.01. The minimum absolute atomic E-state index is 0.302. The summed E-state index contributed by atoms with van der Waals surface area (Å²) in [6.07, 6.45) is 2.75. The zero-order chi connectivity index (χ0) is 11.4. The fourth-order valence-electron chi connectivity index (χ4n) is 1.61. The van der Waals surface area contributed by atoms with E-state index in [1.165, 1.54) is 4.88 Å². The Kier molecular flexibility index (Phi) is 4.21. The third-order valence-corrected chi connectivity index (χ3v) is 4.14. The molecule has 0 aliphatic carbocycles. The lowest BCUT2D eigenvalue weighted by Crippen LogP contribution is -2.19. The summed E-state index contributed by atoms with van der Waals surface area (Å²) in [6.45, 7) is 3.04. The van der Waals surface area contributed by atoms with E-state index in [-0.39, 0.29) is 0 Å². The predicted molar refractivity (Wildman–Crippen MR) is 70.6 cm³/mol. The van der Waals surface area contributed by atoms with Gasteiger partial charge in [0.15, 0.2) is 0 Å². The molecule has 0 fully saturated rings. The van der Waals surface area contributed by atoms with Gasteiger partial charge in [-0.2, -0.15) is 0 Å². The van der Waals surface area contributed by atoms with Crippen molar-refractivity contribution in [2.45, 2.75) is 25.9 Å². The highest BCUT2D eigenvalue weighted by Crippen LogP contribution is 2.22. The van der Waals surface area contributed by atoms with Gasteiger partial charge in [0.1, 0.15) is 5.76 Å². The van der Waals surface area contributed by atoms with Gasteiger partial charge in [0.25, 0.3) is 0 Å². The minimum atomic E-state index is 0.302. The Hall–Kier alpha value is -0.580. The molecule has 0 amide bonds.